The summed E-state index contributed by atoms with van der Waals surface area (Å²) in [6.45, 7) is 7.33. The van der Waals surface area contributed by atoms with E-state index in [-0.39, 0.29) is 5.91 Å². The molecule has 1 saturated heterocycles. The molecule has 0 radical (unpaired) electrons. The minimum atomic E-state index is -0.425. The summed E-state index contributed by atoms with van der Waals surface area (Å²) in [6, 6.07) is 15.2. The van der Waals surface area contributed by atoms with Crippen LogP contribution in [-0.4, -0.2) is 57.3 Å². The van der Waals surface area contributed by atoms with Crippen molar-refractivity contribution in [2.24, 2.45) is 0 Å². The molecule has 0 spiro atoms. The van der Waals surface area contributed by atoms with Crippen LogP contribution in [0, 0.1) is 6.92 Å². The van der Waals surface area contributed by atoms with Gasteiger partial charge in [-0.25, -0.2) is 0 Å². The molecule has 29 heavy (non-hydrogen) atoms. The maximum atomic E-state index is 13.1. The summed E-state index contributed by atoms with van der Waals surface area (Å²) in [6.07, 6.45) is 0.977. The Morgan fingerprint density at radius 3 is 2.66 bits per heavy atom. The maximum Gasteiger partial charge on any atom is 0.246 e. The van der Waals surface area contributed by atoms with Crippen molar-refractivity contribution in [2.75, 3.05) is 51.8 Å². The molecule has 0 unspecified atom stereocenters. The van der Waals surface area contributed by atoms with Gasteiger partial charge in [0.15, 0.2) is 0 Å². The number of amides is 1. The number of carbonyl (C=O) groups excluding carboxylic acids is 1. The van der Waals surface area contributed by atoms with E-state index in [4.69, 9.17) is 9.47 Å². The number of anilines is 1. The summed E-state index contributed by atoms with van der Waals surface area (Å²) in [5.74, 6) is 0.564. The van der Waals surface area contributed by atoms with E-state index < -0.39 is 6.04 Å². The largest absolute Gasteiger partial charge is 0.495 e. The smallest absolute Gasteiger partial charge is 0.246 e. The average molecular weight is 398 g/mol. The van der Waals surface area contributed by atoms with Crippen LogP contribution >= 0.6 is 0 Å². The Morgan fingerprint density at radius 1 is 1.17 bits per heavy atom. The van der Waals surface area contributed by atoms with Crippen molar-refractivity contribution in [2.45, 2.75) is 19.4 Å². The third-order valence-electron chi connectivity index (χ3n) is 5.11. The molecule has 1 atom stereocenters. The number of benzene rings is 2. The molecule has 1 fully saturated rings. The van der Waals surface area contributed by atoms with Crippen LogP contribution < -0.4 is 15.4 Å². The van der Waals surface area contributed by atoms with Crippen LogP contribution in [0.2, 0.25) is 0 Å². The summed E-state index contributed by atoms with van der Waals surface area (Å²) in [4.78, 5) is 15.5. The van der Waals surface area contributed by atoms with E-state index >= 15 is 0 Å². The van der Waals surface area contributed by atoms with Crippen molar-refractivity contribution in [1.82, 2.24) is 10.2 Å². The number of aryl methyl sites for hydroxylation is 1. The second kappa shape index (κ2) is 11.0. The van der Waals surface area contributed by atoms with Gasteiger partial charge in [-0.3, -0.25) is 9.69 Å². The molecule has 6 nitrogen and oxygen atoms in total. The Bertz CT molecular complexity index is 776. The highest BCUT2D eigenvalue weighted by Crippen LogP contribution is 2.26. The lowest BCUT2D eigenvalue weighted by Gasteiger charge is -2.27. The number of nitrogens with zero attached hydrogens (tertiary/aromatic N) is 1. The second-order valence-corrected chi connectivity index (χ2v) is 7.30. The number of methoxy groups -OCH3 is 1. The molecule has 0 aliphatic carbocycles. The molecule has 0 bridgehead atoms. The van der Waals surface area contributed by atoms with Crippen LogP contribution in [0.5, 0.6) is 5.75 Å². The van der Waals surface area contributed by atoms with Crippen LogP contribution in [0.15, 0.2) is 48.5 Å². The predicted molar refractivity (Wildman–Crippen MR) is 115 cm³/mol. The molecule has 3 rings (SSSR count). The minimum absolute atomic E-state index is 0.0912. The highest BCUT2D eigenvalue weighted by molar-refractivity contribution is 5.96. The summed E-state index contributed by atoms with van der Waals surface area (Å²) in [5.41, 5.74) is 2.70. The topological polar surface area (TPSA) is 62.8 Å². The molecule has 0 aromatic heterocycles. The molecule has 2 aromatic rings. The van der Waals surface area contributed by atoms with Gasteiger partial charge in [-0.1, -0.05) is 36.4 Å². The van der Waals surface area contributed by atoms with E-state index in [0.29, 0.717) is 11.4 Å². The molecule has 1 heterocycles. The molecule has 1 aliphatic heterocycles. The number of nitrogens with one attached hydrogen (secondary N) is 2. The average Bonchev–Trinajstić information content (AvgIpc) is 2.75. The Morgan fingerprint density at radius 2 is 1.93 bits per heavy atom. The first kappa shape index (κ1) is 21.3. The molecule has 1 aliphatic rings. The molecule has 1 amide bonds. The Hall–Kier alpha value is -2.41. The first-order valence-electron chi connectivity index (χ1n) is 10.2. The van der Waals surface area contributed by atoms with E-state index in [1.54, 1.807) is 7.11 Å². The monoisotopic (exact) mass is 397 g/mol. The van der Waals surface area contributed by atoms with Crippen molar-refractivity contribution < 1.29 is 14.3 Å². The zero-order chi connectivity index (χ0) is 20.5. The Kier molecular flexibility index (Phi) is 8.04. The summed E-state index contributed by atoms with van der Waals surface area (Å²) in [7, 11) is 1.61. The lowest BCUT2D eigenvalue weighted by atomic mass is 10.1. The molecule has 2 aromatic carbocycles. The number of rotatable bonds is 9. The van der Waals surface area contributed by atoms with E-state index in [9.17, 15) is 4.79 Å². The predicted octanol–water partition coefficient (Wildman–Crippen LogP) is 3.00. The first-order valence-corrected chi connectivity index (χ1v) is 10.2. The van der Waals surface area contributed by atoms with E-state index in [1.165, 1.54) is 0 Å². The van der Waals surface area contributed by atoms with E-state index in [2.05, 4.69) is 15.5 Å². The third kappa shape index (κ3) is 6.29. The fraction of sp³-hybridized carbons (Fsp3) is 0.435. The van der Waals surface area contributed by atoms with Crippen LogP contribution in [0.1, 0.15) is 23.6 Å². The van der Waals surface area contributed by atoms with Gasteiger partial charge in [0, 0.05) is 13.1 Å². The van der Waals surface area contributed by atoms with Gasteiger partial charge < -0.3 is 20.1 Å². The van der Waals surface area contributed by atoms with Crippen molar-refractivity contribution in [3.05, 3.63) is 59.7 Å². The van der Waals surface area contributed by atoms with Gasteiger partial charge in [-0.2, -0.15) is 0 Å². The Labute approximate surface area is 173 Å². The van der Waals surface area contributed by atoms with Gasteiger partial charge in [0.05, 0.1) is 26.0 Å². The minimum Gasteiger partial charge on any atom is -0.495 e. The SMILES string of the molecule is COc1ccc(C)cc1NC(=O)[C@H](NCCCN1CCOCC1)c1ccccc1. The number of hydrogen-bond acceptors (Lipinski definition) is 5. The third-order valence-corrected chi connectivity index (χ3v) is 5.11. The van der Waals surface area contributed by atoms with Crippen LogP contribution in [-0.2, 0) is 9.53 Å². The quantitative estimate of drug-likeness (QED) is 0.637. The van der Waals surface area contributed by atoms with E-state index in [0.717, 1.165) is 56.9 Å². The molecule has 2 N–H and O–H groups in total. The van der Waals surface area contributed by atoms with Crippen LogP contribution in [0.4, 0.5) is 5.69 Å². The zero-order valence-corrected chi connectivity index (χ0v) is 17.3. The lowest BCUT2D eigenvalue weighted by molar-refractivity contribution is -0.118. The van der Waals surface area contributed by atoms with Gasteiger partial charge in [0.1, 0.15) is 11.8 Å². The van der Waals surface area contributed by atoms with Gasteiger partial charge >= 0.3 is 0 Å². The summed E-state index contributed by atoms with van der Waals surface area (Å²) >= 11 is 0. The normalized spacial score (nSPS) is 15.7. The van der Waals surface area contributed by atoms with Gasteiger partial charge in [0.25, 0.3) is 0 Å². The molecular weight excluding hydrogens is 366 g/mol. The van der Waals surface area contributed by atoms with Gasteiger partial charge in [0.2, 0.25) is 5.91 Å². The van der Waals surface area contributed by atoms with Gasteiger partial charge in [-0.15, -0.1) is 0 Å². The number of ether oxygens (including phenoxy) is 2. The standard InChI is InChI=1S/C23H31N3O3/c1-18-9-10-21(28-2)20(17-18)25-23(27)22(19-7-4-3-5-8-19)24-11-6-12-26-13-15-29-16-14-26/h3-5,7-10,17,22,24H,6,11-16H2,1-2H3,(H,25,27)/t22-/m1/s1. The molecule has 0 saturated carbocycles. The van der Waals surface area contributed by atoms with Crippen molar-refractivity contribution in [3.63, 3.8) is 0 Å². The number of carbonyl (C=O) groups is 1. The van der Waals surface area contributed by atoms with Gasteiger partial charge in [-0.05, 0) is 49.7 Å². The zero-order valence-electron chi connectivity index (χ0n) is 17.3. The fourth-order valence-electron chi connectivity index (χ4n) is 3.51. The van der Waals surface area contributed by atoms with Crippen molar-refractivity contribution in [1.29, 1.82) is 0 Å². The van der Waals surface area contributed by atoms with Crippen LogP contribution in [0.3, 0.4) is 0 Å². The highest BCUT2D eigenvalue weighted by atomic mass is 16.5. The highest BCUT2D eigenvalue weighted by Gasteiger charge is 2.21. The van der Waals surface area contributed by atoms with Crippen LogP contribution in [0.25, 0.3) is 0 Å². The first-order chi connectivity index (χ1) is 14.2. The molecule has 156 valence electrons. The summed E-state index contributed by atoms with van der Waals surface area (Å²) < 4.78 is 10.8. The Balaban J connectivity index is 1.63. The number of hydrogen-bond donors (Lipinski definition) is 2. The summed E-state index contributed by atoms with van der Waals surface area (Å²) in [5, 5.41) is 6.47. The lowest BCUT2D eigenvalue weighted by Crippen LogP contribution is -2.39. The van der Waals surface area contributed by atoms with E-state index in [1.807, 2.05) is 55.5 Å². The van der Waals surface area contributed by atoms with Crippen molar-refractivity contribution in [3.8, 4) is 5.75 Å². The molecular formula is C23H31N3O3. The molecule has 6 heteroatoms. The fourth-order valence-corrected chi connectivity index (χ4v) is 3.51. The number of morpholine rings is 1. The second-order valence-electron chi connectivity index (χ2n) is 7.30. The van der Waals surface area contributed by atoms with Crippen molar-refractivity contribution >= 4 is 11.6 Å². The maximum absolute atomic E-state index is 13.1.